The van der Waals surface area contributed by atoms with Gasteiger partial charge in [-0.15, -0.1) is 0 Å². The average molecular weight is 344 g/mol. The third-order valence-electron chi connectivity index (χ3n) is 3.46. The van der Waals surface area contributed by atoms with Crippen LogP contribution >= 0.6 is 11.8 Å². The summed E-state index contributed by atoms with van der Waals surface area (Å²) in [6.45, 7) is 0. The molecule has 25 heavy (non-hydrogen) atoms. The van der Waals surface area contributed by atoms with Crippen molar-refractivity contribution in [3.8, 4) is 22.8 Å². The summed E-state index contributed by atoms with van der Waals surface area (Å²) in [5.41, 5.74) is 1.92. The Morgan fingerprint density at radius 1 is 0.520 bits per heavy atom. The summed E-state index contributed by atoms with van der Waals surface area (Å²) in [5, 5.41) is 0. The summed E-state index contributed by atoms with van der Waals surface area (Å²) in [5.74, 6) is 1.30. The smallest absolute Gasteiger partial charge is 0.163 e. The van der Waals surface area contributed by atoms with Crippen molar-refractivity contribution in [2.75, 3.05) is 0 Å². The SMILES string of the molecule is c1ccc(-c2ncncn2)c(Sc2ccccc2-c2ncncn2)c1. The Bertz CT molecular complexity index is 898. The lowest BCUT2D eigenvalue weighted by atomic mass is 10.2. The van der Waals surface area contributed by atoms with Gasteiger partial charge in [0.25, 0.3) is 0 Å². The third-order valence-corrected chi connectivity index (χ3v) is 4.61. The first-order chi connectivity index (χ1) is 12.4. The van der Waals surface area contributed by atoms with Crippen molar-refractivity contribution in [2.24, 2.45) is 0 Å². The van der Waals surface area contributed by atoms with E-state index in [2.05, 4.69) is 29.9 Å². The maximum Gasteiger partial charge on any atom is 0.163 e. The van der Waals surface area contributed by atoms with Gasteiger partial charge in [0.15, 0.2) is 11.6 Å². The fraction of sp³-hybridized carbons (Fsp3) is 0. The summed E-state index contributed by atoms with van der Waals surface area (Å²) >= 11 is 1.63. The molecule has 0 aliphatic heterocycles. The Balaban J connectivity index is 1.76. The predicted octanol–water partition coefficient (Wildman–Crippen LogP) is 3.54. The second-order valence-electron chi connectivity index (χ2n) is 5.02. The molecule has 0 aliphatic carbocycles. The molecular weight excluding hydrogens is 332 g/mol. The van der Waals surface area contributed by atoms with Crippen molar-refractivity contribution in [3.05, 3.63) is 73.8 Å². The van der Waals surface area contributed by atoms with Gasteiger partial charge in [0.05, 0.1) is 0 Å². The van der Waals surface area contributed by atoms with Gasteiger partial charge in [-0.3, -0.25) is 0 Å². The van der Waals surface area contributed by atoms with E-state index in [1.807, 2.05) is 48.5 Å². The van der Waals surface area contributed by atoms with E-state index in [1.165, 1.54) is 25.3 Å². The average Bonchev–Trinajstić information content (AvgIpc) is 2.70. The zero-order valence-corrected chi connectivity index (χ0v) is 13.8. The van der Waals surface area contributed by atoms with Crippen LogP contribution < -0.4 is 0 Å². The van der Waals surface area contributed by atoms with Crippen molar-refractivity contribution < 1.29 is 0 Å². The first-order valence-electron chi connectivity index (χ1n) is 7.52. The number of rotatable bonds is 4. The zero-order valence-electron chi connectivity index (χ0n) is 13.0. The number of aromatic nitrogens is 6. The molecule has 7 heteroatoms. The van der Waals surface area contributed by atoms with Gasteiger partial charge in [-0.2, -0.15) is 0 Å². The van der Waals surface area contributed by atoms with Crippen molar-refractivity contribution in [1.82, 2.24) is 29.9 Å². The van der Waals surface area contributed by atoms with Crippen molar-refractivity contribution in [2.45, 2.75) is 9.79 Å². The van der Waals surface area contributed by atoms with Gasteiger partial charge in [0, 0.05) is 20.9 Å². The molecule has 0 amide bonds. The number of nitrogens with zero attached hydrogens (tertiary/aromatic N) is 6. The monoisotopic (exact) mass is 344 g/mol. The summed E-state index contributed by atoms with van der Waals surface area (Å²) in [6.07, 6.45) is 6.01. The molecule has 120 valence electrons. The summed E-state index contributed by atoms with van der Waals surface area (Å²) < 4.78 is 0. The van der Waals surface area contributed by atoms with E-state index in [-0.39, 0.29) is 0 Å². The van der Waals surface area contributed by atoms with Crippen molar-refractivity contribution in [1.29, 1.82) is 0 Å². The molecule has 2 aromatic heterocycles. The second-order valence-corrected chi connectivity index (χ2v) is 6.10. The fourth-order valence-corrected chi connectivity index (χ4v) is 3.42. The first kappa shape index (κ1) is 15.3. The normalized spacial score (nSPS) is 10.6. The van der Waals surface area contributed by atoms with Gasteiger partial charge >= 0.3 is 0 Å². The minimum Gasteiger partial charge on any atom is -0.225 e. The van der Waals surface area contributed by atoms with Gasteiger partial charge < -0.3 is 0 Å². The third kappa shape index (κ3) is 3.36. The number of hydrogen-bond donors (Lipinski definition) is 0. The van der Waals surface area contributed by atoms with E-state index in [1.54, 1.807) is 11.8 Å². The quantitative estimate of drug-likeness (QED) is 0.560. The van der Waals surface area contributed by atoms with Crippen LogP contribution in [0.5, 0.6) is 0 Å². The van der Waals surface area contributed by atoms with Crippen molar-refractivity contribution in [3.63, 3.8) is 0 Å². The zero-order chi connectivity index (χ0) is 16.9. The Labute approximate surface area is 148 Å². The molecular formula is C18H12N6S. The molecule has 6 nitrogen and oxygen atoms in total. The van der Waals surface area contributed by atoms with E-state index < -0.39 is 0 Å². The number of hydrogen-bond acceptors (Lipinski definition) is 7. The Kier molecular flexibility index (Phi) is 4.38. The molecule has 0 radical (unpaired) electrons. The Morgan fingerprint density at radius 3 is 1.36 bits per heavy atom. The molecule has 0 fully saturated rings. The lowest BCUT2D eigenvalue weighted by Gasteiger charge is -2.10. The van der Waals surface area contributed by atoms with Crippen LogP contribution in [0.2, 0.25) is 0 Å². The highest BCUT2D eigenvalue weighted by molar-refractivity contribution is 7.99. The maximum atomic E-state index is 4.26. The van der Waals surface area contributed by atoms with Crippen LogP contribution in [0.1, 0.15) is 0 Å². The van der Waals surface area contributed by atoms with Crippen LogP contribution in [0.3, 0.4) is 0 Å². The van der Waals surface area contributed by atoms with Gasteiger partial charge in [0.2, 0.25) is 0 Å². The van der Waals surface area contributed by atoms with Gasteiger partial charge in [-0.05, 0) is 12.1 Å². The minimum atomic E-state index is 0.649. The molecule has 0 saturated carbocycles. The van der Waals surface area contributed by atoms with E-state index in [0.717, 1.165) is 20.9 Å². The highest BCUT2D eigenvalue weighted by atomic mass is 32.2. The highest BCUT2D eigenvalue weighted by Gasteiger charge is 2.12. The van der Waals surface area contributed by atoms with Crippen LogP contribution in [0.25, 0.3) is 22.8 Å². The lowest BCUT2D eigenvalue weighted by molar-refractivity contribution is 1.05. The molecule has 0 N–H and O–H groups in total. The predicted molar refractivity (Wildman–Crippen MR) is 94.6 cm³/mol. The summed E-state index contributed by atoms with van der Waals surface area (Å²) in [7, 11) is 0. The van der Waals surface area contributed by atoms with Crippen LogP contribution in [-0.4, -0.2) is 29.9 Å². The molecule has 0 atom stereocenters. The molecule has 2 aromatic carbocycles. The van der Waals surface area contributed by atoms with E-state index in [0.29, 0.717) is 11.6 Å². The molecule has 0 aliphatic rings. The molecule has 0 saturated heterocycles. The van der Waals surface area contributed by atoms with Crippen molar-refractivity contribution >= 4 is 11.8 Å². The van der Waals surface area contributed by atoms with Crippen LogP contribution in [0.4, 0.5) is 0 Å². The molecule has 4 aromatic rings. The van der Waals surface area contributed by atoms with Gasteiger partial charge in [0.1, 0.15) is 25.3 Å². The van der Waals surface area contributed by atoms with E-state index in [9.17, 15) is 0 Å². The fourth-order valence-electron chi connectivity index (χ4n) is 2.36. The highest BCUT2D eigenvalue weighted by Crippen LogP contribution is 2.38. The molecule has 4 rings (SSSR count). The maximum absolute atomic E-state index is 4.26. The van der Waals surface area contributed by atoms with E-state index >= 15 is 0 Å². The van der Waals surface area contributed by atoms with Gasteiger partial charge in [-0.25, -0.2) is 29.9 Å². The Hall–Kier alpha value is -3.19. The first-order valence-corrected chi connectivity index (χ1v) is 8.34. The lowest BCUT2D eigenvalue weighted by Crippen LogP contribution is -1.93. The van der Waals surface area contributed by atoms with E-state index in [4.69, 9.17) is 0 Å². The molecule has 2 heterocycles. The second kappa shape index (κ2) is 7.14. The Morgan fingerprint density at radius 2 is 0.920 bits per heavy atom. The molecule has 0 spiro atoms. The molecule has 0 bridgehead atoms. The largest absolute Gasteiger partial charge is 0.225 e. The van der Waals surface area contributed by atoms with Crippen LogP contribution in [0, 0.1) is 0 Å². The number of benzene rings is 2. The minimum absolute atomic E-state index is 0.649. The summed E-state index contributed by atoms with van der Waals surface area (Å²) in [4.78, 5) is 26.9. The molecule has 0 unspecified atom stereocenters. The standard InChI is InChI=1S/C18H12N6S/c1-3-7-15(13(5-1)17-21-9-19-10-22-17)25-16-8-4-2-6-14(16)18-23-11-20-12-24-18/h1-12H. The van der Waals surface area contributed by atoms with Crippen LogP contribution in [-0.2, 0) is 0 Å². The summed E-state index contributed by atoms with van der Waals surface area (Å²) in [6, 6.07) is 16.0. The topological polar surface area (TPSA) is 77.3 Å². The van der Waals surface area contributed by atoms with Gasteiger partial charge in [-0.1, -0.05) is 48.2 Å². The van der Waals surface area contributed by atoms with Crippen LogP contribution in [0.15, 0.2) is 83.6 Å².